The van der Waals surface area contributed by atoms with Gasteiger partial charge in [0.25, 0.3) is 0 Å². The van der Waals surface area contributed by atoms with Crippen molar-refractivity contribution in [2.24, 2.45) is 5.73 Å². The summed E-state index contributed by atoms with van der Waals surface area (Å²) < 4.78 is 6.61. The molecule has 0 aliphatic heterocycles. The summed E-state index contributed by atoms with van der Waals surface area (Å²) in [5, 5.41) is 5.49. The molecule has 3 N–H and O–H groups in total. The molecule has 3 aromatic rings. The van der Waals surface area contributed by atoms with Crippen LogP contribution in [0.3, 0.4) is 0 Å². The molecule has 0 saturated heterocycles. The Morgan fingerprint density at radius 2 is 1.97 bits per heavy atom. The Kier molecular flexibility index (Phi) is 12.5. The summed E-state index contributed by atoms with van der Waals surface area (Å²) in [5.41, 5.74) is 8.73. The standard InChI is InChI=1S/C22H27Br2N5OS.C2H6/c1-29(8-7-25)13-15-4-5-16(24)10-18(15)28-22-17-11-21(31-9-3-6-23)20(30-2)12-19(17)26-14-27-22;1-2/h4-5,10-12,14H,3,6-9,13,25H2,1-2H3,(H,26,27,28);1-2H3. The van der Waals surface area contributed by atoms with Crippen molar-refractivity contribution < 1.29 is 4.74 Å². The second-order valence-electron chi connectivity index (χ2n) is 7.09. The Balaban J connectivity index is 0.00000187. The van der Waals surface area contributed by atoms with E-state index in [1.54, 1.807) is 25.2 Å². The number of methoxy groups -OCH3 is 1. The first-order chi connectivity index (χ1) is 16.0. The van der Waals surface area contributed by atoms with Crippen molar-refractivity contribution in [2.45, 2.75) is 31.7 Å². The minimum Gasteiger partial charge on any atom is -0.496 e. The summed E-state index contributed by atoms with van der Waals surface area (Å²) in [6, 6.07) is 10.4. The minimum atomic E-state index is 0.629. The van der Waals surface area contributed by atoms with Crippen LogP contribution < -0.4 is 15.8 Å². The Morgan fingerprint density at radius 3 is 2.67 bits per heavy atom. The molecule has 3 rings (SSSR count). The number of nitrogens with zero attached hydrogens (tertiary/aromatic N) is 3. The van der Waals surface area contributed by atoms with E-state index in [0.29, 0.717) is 6.54 Å². The predicted molar refractivity (Wildman–Crippen MR) is 149 cm³/mol. The lowest BCUT2D eigenvalue weighted by Crippen LogP contribution is -2.25. The number of ether oxygens (including phenoxy) is 1. The van der Waals surface area contributed by atoms with E-state index in [0.717, 1.165) is 68.1 Å². The van der Waals surface area contributed by atoms with Crippen LogP contribution in [0.4, 0.5) is 11.5 Å². The predicted octanol–water partition coefficient (Wildman–Crippen LogP) is 6.44. The van der Waals surface area contributed by atoms with Crippen LogP contribution >= 0.6 is 43.6 Å². The fraction of sp³-hybridized carbons (Fsp3) is 0.417. The van der Waals surface area contributed by atoms with Crippen molar-refractivity contribution in [3.63, 3.8) is 0 Å². The lowest BCUT2D eigenvalue weighted by Gasteiger charge is -2.19. The normalized spacial score (nSPS) is 10.8. The van der Waals surface area contributed by atoms with Crippen LogP contribution in [-0.4, -0.2) is 53.2 Å². The molecular weight excluding hydrogens is 566 g/mol. The van der Waals surface area contributed by atoms with E-state index >= 15 is 0 Å². The third kappa shape index (κ3) is 8.10. The lowest BCUT2D eigenvalue weighted by atomic mass is 10.1. The lowest BCUT2D eigenvalue weighted by molar-refractivity contribution is 0.337. The van der Waals surface area contributed by atoms with Crippen LogP contribution in [-0.2, 0) is 6.54 Å². The quantitative estimate of drug-likeness (QED) is 0.149. The number of alkyl halides is 1. The van der Waals surface area contributed by atoms with E-state index in [9.17, 15) is 0 Å². The SMILES string of the molecule is CC.COc1cc2ncnc(Nc3cc(Br)ccc3CN(C)CCN)c2cc1SCCCBr. The summed E-state index contributed by atoms with van der Waals surface area (Å²) in [6.07, 6.45) is 2.67. The molecule has 0 aliphatic rings. The number of benzene rings is 2. The second kappa shape index (κ2) is 14.8. The van der Waals surface area contributed by atoms with Crippen LogP contribution in [0, 0.1) is 0 Å². The highest BCUT2D eigenvalue weighted by atomic mass is 79.9. The number of likely N-dealkylation sites (N-methyl/N-ethyl adjacent to an activating group) is 1. The molecule has 180 valence electrons. The van der Waals surface area contributed by atoms with Crippen molar-refractivity contribution in [3.05, 3.63) is 46.7 Å². The van der Waals surface area contributed by atoms with Crippen molar-refractivity contribution >= 4 is 66.0 Å². The summed E-state index contributed by atoms with van der Waals surface area (Å²) in [5.74, 6) is 2.62. The van der Waals surface area contributed by atoms with Gasteiger partial charge in [0.15, 0.2) is 0 Å². The molecule has 0 radical (unpaired) electrons. The number of rotatable bonds is 11. The van der Waals surface area contributed by atoms with Crippen molar-refractivity contribution in [1.29, 1.82) is 0 Å². The van der Waals surface area contributed by atoms with Crippen LogP contribution in [0.5, 0.6) is 5.75 Å². The summed E-state index contributed by atoms with van der Waals surface area (Å²) in [4.78, 5) is 12.3. The van der Waals surface area contributed by atoms with Gasteiger partial charge in [-0.15, -0.1) is 11.8 Å². The molecule has 0 unspecified atom stereocenters. The van der Waals surface area contributed by atoms with Crippen molar-refractivity contribution in [2.75, 3.05) is 43.6 Å². The Morgan fingerprint density at radius 1 is 1.18 bits per heavy atom. The zero-order valence-corrected chi connectivity index (χ0v) is 23.7. The number of hydrogen-bond acceptors (Lipinski definition) is 7. The third-order valence-electron chi connectivity index (χ3n) is 4.73. The van der Waals surface area contributed by atoms with E-state index in [4.69, 9.17) is 10.5 Å². The van der Waals surface area contributed by atoms with E-state index in [2.05, 4.69) is 83.4 Å². The van der Waals surface area contributed by atoms with Gasteiger partial charge in [-0.3, -0.25) is 0 Å². The number of nitrogens with one attached hydrogen (secondary N) is 1. The molecule has 0 atom stereocenters. The van der Waals surface area contributed by atoms with E-state index in [1.807, 2.05) is 19.9 Å². The van der Waals surface area contributed by atoms with Crippen LogP contribution in [0.25, 0.3) is 10.9 Å². The maximum Gasteiger partial charge on any atom is 0.141 e. The fourth-order valence-corrected chi connectivity index (χ4v) is 5.20. The zero-order chi connectivity index (χ0) is 24.2. The number of anilines is 2. The molecule has 0 amide bonds. The van der Waals surface area contributed by atoms with Gasteiger partial charge < -0.3 is 20.7 Å². The second-order valence-corrected chi connectivity index (χ2v) is 9.93. The number of halogens is 2. The molecule has 0 bridgehead atoms. The molecule has 0 spiro atoms. The van der Waals surface area contributed by atoms with Crippen LogP contribution in [0.1, 0.15) is 25.8 Å². The van der Waals surface area contributed by atoms with Gasteiger partial charge in [0, 0.05) is 46.6 Å². The highest BCUT2D eigenvalue weighted by Crippen LogP contribution is 2.36. The first-order valence-corrected chi connectivity index (χ1v) is 13.9. The molecule has 2 aromatic carbocycles. The highest BCUT2D eigenvalue weighted by molar-refractivity contribution is 9.10. The van der Waals surface area contributed by atoms with E-state index in [1.165, 1.54) is 5.56 Å². The number of thioether (sulfide) groups is 1. The van der Waals surface area contributed by atoms with Crippen molar-refractivity contribution in [3.8, 4) is 5.75 Å². The van der Waals surface area contributed by atoms with Gasteiger partial charge in [-0.1, -0.05) is 51.8 Å². The molecule has 6 nitrogen and oxygen atoms in total. The topological polar surface area (TPSA) is 76.3 Å². The monoisotopic (exact) mass is 597 g/mol. The molecule has 33 heavy (non-hydrogen) atoms. The Hall–Kier alpha value is -1.39. The highest BCUT2D eigenvalue weighted by Gasteiger charge is 2.13. The number of aromatic nitrogens is 2. The third-order valence-corrected chi connectivity index (χ3v) is 6.91. The summed E-state index contributed by atoms with van der Waals surface area (Å²) in [6.45, 7) is 6.25. The fourth-order valence-electron chi connectivity index (χ4n) is 3.19. The van der Waals surface area contributed by atoms with E-state index in [-0.39, 0.29) is 0 Å². The molecule has 0 saturated carbocycles. The number of fused-ring (bicyclic) bond motifs is 1. The molecule has 9 heteroatoms. The summed E-state index contributed by atoms with van der Waals surface area (Å²) >= 11 is 8.87. The van der Waals surface area contributed by atoms with Gasteiger partial charge in [-0.05, 0) is 43.0 Å². The first kappa shape index (κ1) is 27.9. The maximum atomic E-state index is 5.72. The van der Waals surface area contributed by atoms with Gasteiger partial charge in [0.1, 0.15) is 17.9 Å². The smallest absolute Gasteiger partial charge is 0.141 e. The van der Waals surface area contributed by atoms with E-state index < -0.39 is 0 Å². The molecule has 1 heterocycles. The van der Waals surface area contributed by atoms with Crippen LogP contribution in [0.2, 0.25) is 0 Å². The summed E-state index contributed by atoms with van der Waals surface area (Å²) in [7, 11) is 3.77. The number of hydrogen-bond donors (Lipinski definition) is 2. The Labute approximate surface area is 218 Å². The average Bonchev–Trinajstić information content (AvgIpc) is 2.82. The Bertz CT molecular complexity index is 1020. The molecule has 1 aromatic heterocycles. The minimum absolute atomic E-state index is 0.629. The van der Waals surface area contributed by atoms with Gasteiger partial charge in [-0.2, -0.15) is 0 Å². The average molecular weight is 599 g/mol. The van der Waals surface area contributed by atoms with Gasteiger partial charge in [0.05, 0.1) is 17.5 Å². The maximum absolute atomic E-state index is 5.72. The van der Waals surface area contributed by atoms with Gasteiger partial charge >= 0.3 is 0 Å². The first-order valence-electron chi connectivity index (χ1n) is 11.0. The molecule has 0 aliphatic carbocycles. The number of nitrogens with two attached hydrogens (primary N) is 1. The van der Waals surface area contributed by atoms with Crippen LogP contribution in [0.15, 0.2) is 46.0 Å². The zero-order valence-electron chi connectivity index (χ0n) is 19.7. The van der Waals surface area contributed by atoms with Crippen molar-refractivity contribution in [1.82, 2.24) is 14.9 Å². The largest absolute Gasteiger partial charge is 0.496 e. The molecule has 0 fully saturated rings. The molecular formula is C24H33Br2N5OS. The van der Waals surface area contributed by atoms with Gasteiger partial charge in [0.2, 0.25) is 0 Å². The van der Waals surface area contributed by atoms with Gasteiger partial charge in [-0.25, -0.2) is 9.97 Å².